The van der Waals surface area contributed by atoms with Crippen molar-refractivity contribution in [3.05, 3.63) is 39.3 Å². The van der Waals surface area contributed by atoms with Crippen LogP contribution in [0.3, 0.4) is 0 Å². The number of anilines is 1. The minimum absolute atomic E-state index is 0.0163. The number of rotatable bonds is 6. The Balaban J connectivity index is 1.79. The zero-order chi connectivity index (χ0) is 18.0. The molecule has 0 fully saturated rings. The number of fused-ring (bicyclic) bond motifs is 1. The Labute approximate surface area is 143 Å². The van der Waals surface area contributed by atoms with E-state index in [1.807, 2.05) is 0 Å². The van der Waals surface area contributed by atoms with Crippen LogP contribution >= 0.6 is 11.3 Å². The van der Waals surface area contributed by atoms with Gasteiger partial charge in [0.2, 0.25) is 11.0 Å². The van der Waals surface area contributed by atoms with Crippen LogP contribution in [0.1, 0.15) is 15.4 Å². The Morgan fingerprint density at radius 3 is 2.92 bits per heavy atom. The molecule has 0 atom stereocenters. The number of aromatic carboxylic acids is 1. The summed E-state index contributed by atoms with van der Waals surface area (Å²) < 4.78 is 11.0. The molecular weight excluding hydrogens is 352 g/mol. The number of hydrogen-bond donors (Lipinski definition) is 2. The molecule has 25 heavy (non-hydrogen) atoms. The van der Waals surface area contributed by atoms with E-state index in [1.165, 1.54) is 25.3 Å². The van der Waals surface area contributed by atoms with E-state index >= 15 is 0 Å². The molecule has 0 saturated carbocycles. The second-order valence-electron chi connectivity index (χ2n) is 4.92. The monoisotopic (exact) mass is 364 g/mol. The number of benzene rings is 1. The Morgan fingerprint density at radius 1 is 1.40 bits per heavy atom. The minimum atomic E-state index is -1.14. The average molecular weight is 364 g/mol. The van der Waals surface area contributed by atoms with Crippen molar-refractivity contribution in [1.82, 2.24) is 14.8 Å². The van der Waals surface area contributed by atoms with Gasteiger partial charge in [-0.05, 0) is 18.2 Å². The molecule has 0 aliphatic heterocycles. The quantitative estimate of drug-likeness (QED) is 0.659. The molecule has 10 nitrogen and oxygen atoms in total. The maximum absolute atomic E-state index is 12.1. The molecule has 0 unspecified atom stereocenters. The van der Waals surface area contributed by atoms with Gasteiger partial charge in [0.25, 0.3) is 0 Å². The zero-order valence-corrected chi connectivity index (χ0v) is 13.7. The number of nitrogens with one attached hydrogen (secondary N) is 1. The molecule has 1 amide bonds. The lowest BCUT2D eigenvalue weighted by atomic mass is 10.2. The summed E-state index contributed by atoms with van der Waals surface area (Å²) in [6, 6.07) is 3.98. The highest BCUT2D eigenvalue weighted by Crippen LogP contribution is 2.17. The molecule has 2 aromatic heterocycles. The topological polar surface area (TPSA) is 137 Å². The third kappa shape index (κ3) is 3.56. The predicted octanol–water partition coefficient (Wildman–Crippen LogP) is 0.929. The predicted molar refractivity (Wildman–Crippen MR) is 86.7 cm³/mol. The second-order valence-corrected chi connectivity index (χ2v) is 5.99. The number of nitrogens with zero attached hydrogens (tertiary/aromatic N) is 3. The van der Waals surface area contributed by atoms with Crippen molar-refractivity contribution in [2.45, 2.75) is 13.2 Å². The fourth-order valence-corrected chi connectivity index (χ4v) is 2.87. The lowest BCUT2D eigenvalue weighted by Gasteiger charge is -2.02. The number of carboxylic acids is 1. The summed E-state index contributed by atoms with van der Waals surface area (Å²) in [5.74, 6) is -2.39. The molecule has 0 radical (unpaired) electrons. The Morgan fingerprint density at radius 2 is 2.20 bits per heavy atom. The molecule has 0 saturated heterocycles. The summed E-state index contributed by atoms with van der Waals surface area (Å²) in [6.07, 6.45) is 0. The number of amides is 1. The Kier molecular flexibility index (Phi) is 4.59. The molecule has 1 aromatic carbocycles. The molecule has 3 rings (SSSR count). The van der Waals surface area contributed by atoms with Crippen LogP contribution in [-0.2, 0) is 22.7 Å². The summed E-state index contributed by atoms with van der Waals surface area (Å²) in [5, 5.41) is 20.0. The molecule has 0 spiro atoms. The molecule has 130 valence electrons. The number of aromatic nitrogens is 3. The average Bonchev–Trinajstić information content (AvgIpc) is 3.12. The summed E-state index contributed by atoms with van der Waals surface area (Å²) in [5.41, 5.74) is 0.399. The summed E-state index contributed by atoms with van der Waals surface area (Å²) in [4.78, 5) is 35.0. The van der Waals surface area contributed by atoms with Crippen LogP contribution in [0.2, 0.25) is 0 Å². The van der Waals surface area contributed by atoms with Gasteiger partial charge in [0, 0.05) is 7.11 Å². The van der Waals surface area contributed by atoms with Gasteiger partial charge in [-0.2, -0.15) is 0 Å². The fourth-order valence-electron chi connectivity index (χ4n) is 2.14. The van der Waals surface area contributed by atoms with Crippen LogP contribution in [0.5, 0.6) is 0 Å². The summed E-state index contributed by atoms with van der Waals surface area (Å²) in [7, 11) is 1.52. The zero-order valence-electron chi connectivity index (χ0n) is 12.9. The normalized spacial score (nSPS) is 10.9. The fraction of sp³-hybridized carbons (Fsp3) is 0.214. The first-order valence-corrected chi connectivity index (χ1v) is 7.77. The standard InChI is InChI=1S/C14H12N4O6S/c1-23-6-11-16-17-13(25-11)15-10(19)5-18-8-3-2-7(12(20)21)4-9(8)24-14(18)22/h2-4H,5-6H2,1H3,(H,20,21)(H,15,17,19). The first-order chi connectivity index (χ1) is 12.0. The van der Waals surface area contributed by atoms with Gasteiger partial charge in [-0.3, -0.25) is 14.7 Å². The van der Waals surface area contributed by atoms with Crippen molar-refractivity contribution < 1.29 is 23.8 Å². The number of carbonyl (C=O) groups is 2. The van der Waals surface area contributed by atoms with Gasteiger partial charge < -0.3 is 14.3 Å². The van der Waals surface area contributed by atoms with Gasteiger partial charge in [-0.25, -0.2) is 9.59 Å². The van der Waals surface area contributed by atoms with E-state index in [1.54, 1.807) is 0 Å². The number of carbonyl (C=O) groups excluding carboxylic acids is 1. The van der Waals surface area contributed by atoms with Crippen LogP contribution in [0.15, 0.2) is 27.4 Å². The van der Waals surface area contributed by atoms with Crippen molar-refractivity contribution in [3.8, 4) is 0 Å². The third-order valence-electron chi connectivity index (χ3n) is 3.20. The smallest absolute Gasteiger partial charge is 0.420 e. The van der Waals surface area contributed by atoms with Gasteiger partial charge in [0.1, 0.15) is 18.2 Å². The highest BCUT2D eigenvalue weighted by atomic mass is 32.1. The number of methoxy groups -OCH3 is 1. The molecule has 2 N–H and O–H groups in total. The van der Waals surface area contributed by atoms with E-state index in [0.29, 0.717) is 10.5 Å². The third-order valence-corrected chi connectivity index (χ3v) is 4.01. The molecule has 0 bridgehead atoms. The second kappa shape index (κ2) is 6.83. The van der Waals surface area contributed by atoms with E-state index < -0.39 is 17.6 Å². The first-order valence-electron chi connectivity index (χ1n) is 6.96. The molecular formula is C14H12N4O6S. The van der Waals surface area contributed by atoms with Crippen molar-refractivity contribution >= 4 is 39.4 Å². The maximum atomic E-state index is 12.1. The molecule has 0 aliphatic rings. The van der Waals surface area contributed by atoms with Gasteiger partial charge in [-0.15, -0.1) is 10.2 Å². The number of hydrogen-bond acceptors (Lipinski definition) is 8. The molecule has 0 aliphatic carbocycles. The van der Waals surface area contributed by atoms with Gasteiger partial charge >= 0.3 is 11.7 Å². The van der Waals surface area contributed by atoms with E-state index in [2.05, 4.69) is 15.5 Å². The highest BCUT2D eigenvalue weighted by molar-refractivity contribution is 7.15. The first kappa shape index (κ1) is 16.8. The van der Waals surface area contributed by atoms with Gasteiger partial charge in [-0.1, -0.05) is 11.3 Å². The molecule has 11 heteroatoms. The number of oxazole rings is 1. The lowest BCUT2D eigenvalue weighted by molar-refractivity contribution is -0.116. The van der Waals surface area contributed by atoms with Crippen LogP contribution < -0.4 is 11.1 Å². The largest absolute Gasteiger partial charge is 0.478 e. The molecule has 3 aromatic rings. The highest BCUT2D eigenvalue weighted by Gasteiger charge is 2.16. The van der Waals surface area contributed by atoms with Crippen molar-refractivity contribution in [1.29, 1.82) is 0 Å². The van der Waals surface area contributed by atoms with Crippen LogP contribution in [0.4, 0.5) is 5.13 Å². The minimum Gasteiger partial charge on any atom is -0.478 e. The van der Waals surface area contributed by atoms with Gasteiger partial charge in [0.15, 0.2) is 5.58 Å². The van der Waals surface area contributed by atoms with Gasteiger partial charge in [0.05, 0.1) is 11.1 Å². The van der Waals surface area contributed by atoms with Crippen molar-refractivity contribution in [2.75, 3.05) is 12.4 Å². The SMILES string of the molecule is COCc1nnc(NC(=O)Cn2c(=O)oc3cc(C(=O)O)ccc32)s1. The van der Waals surface area contributed by atoms with E-state index in [-0.39, 0.29) is 29.4 Å². The lowest BCUT2D eigenvalue weighted by Crippen LogP contribution is -2.24. The van der Waals surface area contributed by atoms with E-state index in [4.69, 9.17) is 14.3 Å². The summed E-state index contributed by atoms with van der Waals surface area (Å²) >= 11 is 1.16. The molecule has 2 heterocycles. The van der Waals surface area contributed by atoms with Crippen LogP contribution in [0.25, 0.3) is 11.1 Å². The number of ether oxygens (including phenoxy) is 1. The van der Waals surface area contributed by atoms with E-state index in [0.717, 1.165) is 15.9 Å². The van der Waals surface area contributed by atoms with E-state index in [9.17, 15) is 14.4 Å². The van der Waals surface area contributed by atoms with Crippen molar-refractivity contribution in [2.24, 2.45) is 0 Å². The van der Waals surface area contributed by atoms with Crippen molar-refractivity contribution in [3.63, 3.8) is 0 Å². The Hall–Kier alpha value is -3.05. The Bertz CT molecular complexity index is 1000. The number of carboxylic acid groups (broad SMARTS) is 1. The maximum Gasteiger partial charge on any atom is 0.420 e. The van der Waals surface area contributed by atoms with Crippen LogP contribution in [-0.4, -0.2) is 38.9 Å². The van der Waals surface area contributed by atoms with Crippen LogP contribution in [0, 0.1) is 0 Å². The summed E-state index contributed by atoms with van der Waals surface area (Å²) in [6.45, 7) is -0.0251.